The van der Waals surface area contributed by atoms with Gasteiger partial charge in [-0.15, -0.1) is 0 Å². The Bertz CT molecular complexity index is 2220. The molecule has 0 radical (unpaired) electrons. The van der Waals surface area contributed by atoms with Crippen LogP contribution in [0, 0.1) is 0 Å². The van der Waals surface area contributed by atoms with E-state index >= 15 is 0 Å². The van der Waals surface area contributed by atoms with E-state index in [-0.39, 0.29) is 38.6 Å². The van der Waals surface area contributed by atoms with Crippen LogP contribution in [0.25, 0.3) is 11.1 Å². The molecule has 302 valence electrons. The highest BCUT2D eigenvalue weighted by Gasteiger charge is 2.32. The van der Waals surface area contributed by atoms with Crippen molar-refractivity contribution >= 4 is 35.5 Å². The zero-order chi connectivity index (χ0) is 41.6. The highest BCUT2D eigenvalue weighted by atomic mass is 16.4. The highest BCUT2D eigenvalue weighted by Crippen LogP contribution is 2.20. The summed E-state index contributed by atoms with van der Waals surface area (Å²) in [5, 5.41) is 24.0. The van der Waals surface area contributed by atoms with Gasteiger partial charge in [-0.3, -0.25) is 24.0 Å². The number of hydrogen-bond donors (Lipinski definition) is 6. The molecule has 2 bridgehead atoms. The zero-order valence-corrected chi connectivity index (χ0v) is 32.4. The van der Waals surface area contributed by atoms with Crippen molar-refractivity contribution in [2.24, 2.45) is 0 Å². The molecule has 0 aromatic heterocycles. The van der Waals surface area contributed by atoms with Crippen molar-refractivity contribution in [1.82, 2.24) is 26.6 Å². The summed E-state index contributed by atoms with van der Waals surface area (Å²) in [6.07, 6.45) is 0.481. The number of amides is 5. The minimum atomic E-state index is -1.37. The lowest BCUT2D eigenvalue weighted by atomic mass is 9.98. The molecule has 0 spiro atoms. The van der Waals surface area contributed by atoms with E-state index in [0.29, 0.717) is 23.1 Å². The van der Waals surface area contributed by atoms with Crippen molar-refractivity contribution in [1.29, 1.82) is 0 Å². The van der Waals surface area contributed by atoms with Crippen LogP contribution in [0.4, 0.5) is 0 Å². The summed E-state index contributed by atoms with van der Waals surface area (Å²) in [5.74, 6) is -4.22. The van der Waals surface area contributed by atoms with E-state index < -0.39 is 59.7 Å². The second-order valence-electron chi connectivity index (χ2n) is 14.5. The minimum Gasteiger partial charge on any atom is -0.480 e. The highest BCUT2D eigenvalue weighted by molar-refractivity contribution is 5.96. The number of fused-ring (bicyclic) bond motifs is 18. The maximum atomic E-state index is 14.4. The van der Waals surface area contributed by atoms with E-state index in [4.69, 9.17) is 0 Å². The molecule has 6 N–H and O–H groups in total. The van der Waals surface area contributed by atoms with E-state index in [1.54, 1.807) is 36.4 Å². The third kappa shape index (κ3) is 12.2. The summed E-state index contributed by atoms with van der Waals surface area (Å²) in [6.45, 7) is -0.0145. The largest absolute Gasteiger partial charge is 0.480 e. The number of rotatable bonds is 9. The summed E-state index contributed by atoms with van der Waals surface area (Å²) in [6, 6.07) is 37.2. The van der Waals surface area contributed by atoms with Gasteiger partial charge in [0.15, 0.2) is 0 Å². The van der Waals surface area contributed by atoms with Gasteiger partial charge in [0.25, 0.3) is 5.91 Å². The van der Waals surface area contributed by atoms with Crippen LogP contribution in [0.5, 0.6) is 0 Å². The molecule has 0 saturated heterocycles. The van der Waals surface area contributed by atoms with E-state index in [0.717, 1.165) is 22.3 Å². The summed E-state index contributed by atoms with van der Waals surface area (Å²) in [4.78, 5) is 81.4. The Morgan fingerprint density at radius 2 is 1.02 bits per heavy atom. The normalized spacial score (nSPS) is 19.6. The van der Waals surface area contributed by atoms with Crippen LogP contribution in [0.1, 0.15) is 45.5 Å². The molecule has 59 heavy (non-hydrogen) atoms. The van der Waals surface area contributed by atoms with Crippen molar-refractivity contribution in [3.63, 3.8) is 0 Å². The van der Waals surface area contributed by atoms with Gasteiger partial charge in [0.1, 0.15) is 24.2 Å². The van der Waals surface area contributed by atoms with Crippen LogP contribution in [0.3, 0.4) is 0 Å². The molecule has 2 aliphatic heterocycles. The maximum absolute atomic E-state index is 14.4. The van der Waals surface area contributed by atoms with Gasteiger partial charge in [-0.25, -0.2) is 4.79 Å². The van der Waals surface area contributed by atoms with Gasteiger partial charge >= 0.3 is 5.97 Å². The number of carbonyl (C=O) groups excluding carboxylic acids is 5. The standard InChI is InChI=1S/C47H47N5O7/c53-42-26-27-48-43(54)37-23-18-34(19-24-37)30-41(47(58)59)52-46(57)39(28-32-12-6-2-7-13-32)51-45(56)40(29-33-16-21-36(22-17-33)35-14-8-3-9-15-35)50-44(55)38(49-42)25-20-31-10-4-1-5-11-31/h1-19,21-24,38-41H,20,25-30H2,(H,48,54)(H,49,53)(H,50,55)(H,51,56)(H,52,57)(H,58,59)/t38-,39-,40+,41-/m0/s1. The maximum Gasteiger partial charge on any atom is 0.326 e. The van der Waals surface area contributed by atoms with Gasteiger partial charge in [-0.2, -0.15) is 0 Å². The fraction of sp³-hybridized carbons (Fsp3) is 0.234. The smallest absolute Gasteiger partial charge is 0.326 e. The van der Waals surface area contributed by atoms with Crippen LogP contribution in [-0.2, 0) is 49.7 Å². The van der Waals surface area contributed by atoms with Crippen molar-refractivity contribution in [2.75, 3.05) is 6.54 Å². The molecule has 12 heteroatoms. The summed E-state index contributed by atoms with van der Waals surface area (Å²) in [7, 11) is 0. The van der Waals surface area contributed by atoms with Gasteiger partial charge in [0.05, 0.1) is 0 Å². The molecule has 0 fully saturated rings. The number of aliphatic carboxylic acids is 1. The average molecular weight is 794 g/mol. The van der Waals surface area contributed by atoms with Crippen molar-refractivity contribution < 1.29 is 33.9 Å². The molecular formula is C47H47N5O7. The van der Waals surface area contributed by atoms with E-state index in [9.17, 15) is 33.9 Å². The molecule has 5 aromatic carbocycles. The number of aryl methyl sites for hydroxylation is 1. The number of carboxylic acid groups (broad SMARTS) is 1. The molecule has 2 heterocycles. The molecule has 2 aliphatic rings. The quantitative estimate of drug-likeness (QED) is 0.121. The van der Waals surface area contributed by atoms with Crippen LogP contribution >= 0.6 is 0 Å². The van der Waals surface area contributed by atoms with Crippen LogP contribution < -0.4 is 26.6 Å². The first kappa shape index (κ1) is 41.6. The first-order valence-electron chi connectivity index (χ1n) is 19.6. The number of carbonyl (C=O) groups is 6. The third-order valence-electron chi connectivity index (χ3n) is 10.2. The van der Waals surface area contributed by atoms with Crippen molar-refractivity contribution in [3.8, 4) is 11.1 Å². The van der Waals surface area contributed by atoms with Crippen LogP contribution in [0.15, 0.2) is 140 Å². The third-order valence-corrected chi connectivity index (χ3v) is 10.2. The van der Waals surface area contributed by atoms with E-state index in [1.807, 2.05) is 91.0 Å². The molecular weight excluding hydrogens is 747 g/mol. The molecule has 5 aromatic rings. The lowest BCUT2D eigenvalue weighted by Gasteiger charge is -2.26. The summed E-state index contributed by atoms with van der Waals surface area (Å²) >= 11 is 0. The first-order valence-corrected chi connectivity index (χ1v) is 19.6. The van der Waals surface area contributed by atoms with Gasteiger partial charge < -0.3 is 31.7 Å². The lowest BCUT2D eigenvalue weighted by Crippen LogP contribution is -2.59. The Morgan fingerprint density at radius 3 is 1.61 bits per heavy atom. The van der Waals surface area contributed by atoms with Gasteiger partial charge in [0.2, 0.25) is 23.6 Å². The second-order valence-corrected chi connectivity index (χ2v) is 14.5. The second kappa shape index (κ2) is 20.4. The van der Waals surface area contributed by atoms with Crippen molar-refractivity contribution in [3.05, 3.63) is 167 Å². The van der Waals surface area contributed by atoms with E-state index in [2.05, 4.69) is 26.6 Å². The molecule has 4 atom stereocenters. The van der Waals surface area contributed by atoms with Gasteiger partial charge in [-0.05, 0) is 58.4 Å². The van der Waals surface area contributed by atoms with Crippen molar-refractivity contribution in [2.45, 2.75) is 62.7 Å². The topological polar surface area (TPSA) is 183 Å². The van der Waals surface area contributed by atoms with E-state index in [1.165, 1.54) is 12.1 Å². The Labute approximate surface area is 342 Å². The molecule has 0 aliphatic carbocycles. The number of carboxylic acids is 1. The lowest BCUT2D eigenvalue weighted by molar-refractivity contribution is -0.142. The average Bonchev–Trinajstić information content (AvgIpc) is 3.25. The predicted octanol–water partition coefficient (Wildman–Crippen LogP) is 4.17. The monoisotopic (exact) mass is 793 g/mol. The fourth-order valence-corrected chi connectivity index (χ4v) is 6.90. The minimum absolute atomic E-state index is 0.0145. The molecule has 0 saturated carbocycles. The Kier molecular flexibility index (Phi) is 14.3. The Hall–Kier alpha value is -7.08. The molecule has 0 unspecified atom stereocenters. The molecule has 5 amide bonds. The fourth-order valence-electron chi connectivity index (χ4n) is 6.90. The zero-order valence-electron chi connectivity index (χ0n) is 32.4. The summed E-state index contributed by atoms with van der Waals surface area (Å²) in [5.41, 5.74) is 5.17. The summed E-state index contributed by atoms with van der Waals surface area (Å²) < 4.78 is 0. The first-order chi connectivity index (χ1) is 28.6. The predicted molar refractivity (Wildman–Crippen MR) is 223 cm³/mol. The Morgan fingerprint density at radius 1 is 0.525 bits per heavy atom. The number of hydrogen-bond acceptors (Lipinski definition) is 6. The van der Waals surface area contributed by atoms with Crippen LogP contribution in [-0.4, -0.2) is 71.3 Å². The molecule has 12 nitrogen and oxygen atoms in total. The van der Waals surface area contributed by atoms with Gasteiger partial charge in [0, 0.05) is 37.8 Å². The Balaban J connectivity index is 1.33. The number of benzene rings is 5. The SMILES string of the molecule is O=C1CCNC(=O)c2ccc(cc2)C[C@@H](C(=O)O)NC(=O)[C@H](Cc2ccccc2)NC(=O)[C@@H](Cc2ccc(-c3ccccc3)cc2)NC(=O)[C@H](CCc2ccccc2)N1. The number of nitrogens with one attached hydrogen (secondary N) is 5. The van der Waals surface area contributed by atoms with Crippen LogP contribution in [0.2, 0.25) is 0 Å². The van der Waals surface area contributed by atoms with Gasteiger partial charge in [-0.1, -0.05) is 127 Å². The molecule has 7 rings (SSSR count).